The molecule has 416 valence electrons. The van der Waals surface area contributed by atoms with Gasteiger partial charge in [0.2, 0.25) is 0 Å². The number of para-hydroxylation sites is 2. The monoisotopic (exact) mass is 1310 g/mol. The van der Waals surface area contributed by atoms with Gasteiger partial charge in [-0.05, 0) is 165 Å². The van der Waals surface area contributed by atoms with Crippen molar-refractivity contribution in [3.8, 4) is 44.5 Å². The average Bonchev–Trinajstić information content (AvgIpc) is 0.931. The number of nitrogens with zero attached hydrogens (tertiary/aromatic N) is 1. The van der Waals surface area contributed by atoms with Gasteiger partial charge in [0.05, 0.1) is 17.1 Å². The van der Waals surface area contributed by atoms with Crippen molar-refractivity contribution in [3.63, 3.8) is 0 Å². The Kier molecular flexibility index (Phi) is 15.3. The van der Waals surface area contributed by atoms with Gasteiger partial charge in [0.1, 0.15) is 11.6 Å². The number of nitrogens with one attached hydrogen (secondary N) is 1. The summed E-state index contributed by atoms with van der Waals surface area (Å²) in [6, 6.07) is 102. The van der Waals surface area contributed by atoms with Crippen LogP contribution >= 0.6 is 47.8 Å². The quantitative estimate of drug-likeness (QED) is 0.145. The Balaban J connectivity index is 0.000000128. The molecule has 0 heterocycles. The molecule has 0 amide bonds. The molecule has 0 saturated carbocycles. The van der Waals surface area contributed by atoms with Gasteiger partial charge in [0.15, 0.2) is 0 Å². The standard InChI is InChI=1S/C40H25BrFN.C24H18FN.C16H8Br2/c41-35-22-18-28-17-21-33-37(23-19-29-16-20-32(35)38(28)39(29)33)43(31-14-8-3-9-15-31)40-34(27-12-6-2-7-13-27)24-30(25-36(40)42)26-10-4-1-5-11-26;25-23-17-20(18-10-4-1-5-11-18)16-22(19-12-6-2-7-13-19)24(23)26-21-14-8-3-9-15-21;17-13-8-4-10-2-6-12-14(18)7-3-9-1-5-11(13)16(10)15(9)12/h1-25H;1-17,26H;1-8H. The van der Waals surface area contributed by atoms with E-state index >= 15 is 8.78 Å². The highest BCUT2D eigenvalue weighted by molar-refractivity contribution is 9.11. The second kappa shape index (κ2) is 24.1. The van der Waals surface area contributed by atoms with E-state index in [1.807, 2.05) is 176 Å². The second-order valence-electron chi connectivity index (χ2n) is 21.4. The number of hydrogen-bond donors (Lipinski definition) is 1. The van der Waals surface area contributed by atoms with Crippen LogP contribution in [0.1, 0.15) is 0 Å². The maximum Gasteiger partial charge on any atom is 0.148 e. The molecule has 0 saturated heterocycles. The molecule has 16 aromatic carbocycles. The van der Waals surface area contributed by atoms with Crippen LogP contribution in [0.4, 0.5) is 37.2 Å². The van der Waals surface area contributed by atoms with Crippen LogP contribution < -0.4 is 10.2 Å². The highest BCUT2D eigenvalue weighted by Crippen LogP contribution is 2.49. The summed E-state index contributed by atoms with van der Waals surface area (Å²) in [5.41, 5.74) is 11.0. The number of benzene rings is 16. The van der Waals surface area contributed by atoms with Crippen LogP contribution in [0.2, 0.25) is 0 Å². The third-order valence-corrected chi connectivity index (χ3v) is 18.3. The van der Waals surface area contributed by atoms with Gasteiger partial charge in [-0.1, -0.05) is 278 Å². The molecule has 0 aliphatic heterocycles. The van der Waals surface area contributed by atoms with E-state index in [1.165, 1.54) is 53.9 Å². The minimum atomic E-state index is -0.280. The van der Waals surface area contributed by atoms with Crippen molar-refractivity contribution in [1.82, 2.24) is 0 Å². The number of rotatable bonds is 9. The lowest BCUT2D eigenvalue weighted by atomic mass is 9.92. The third kappa shape index (κ3) is 10.8. The lowest BCUT2D eigenvalue weighted by molar-refractivity contribution is 0.630. The fourth-order valence-corrected chi connectivity index (χ4v) is 13.5. The Bertz CT molecular complexity index is 5030. The van der Waals surface area contributed by atoms with Gasteiger partial charge in [-0.15, -0.1) is 0 Å². The van der Waals surface area contributed by atoms with Crippen LogP contribution in [0.3, 0.4) is 0 Å². The number of anilines is 5. The normalized spacial score (nSPS) is 11.3. The molecule has 87 heavy (non-hydrogen) atoms. The Morgan fingerprint density at radius 1 is 0.287 bits per heavy atom. The molecule has 0 aliphatic carbocycles. The lowest BCUT2D eigenvalue weighted by Gasteiger charge is -2.30. The molecule has 1 N–H and O–H groups in total. The van der Waals surface area contributed by atoms with Gasteiger partial charge < -0.3 is 10.2 Å². The zero-order valence-corrected chi connectivity index (χ0v) is 51.5. The largest absolute Gasteiger partial charge is 0.353 e. The summed E-state index contributed by atoms with van der Waals surface area (Å²) >= 11 is 11.1. The Labute approximate surface area is 528 Å². The SMILES string of the molecule is Brc1ccc2ccc3c(Br)ccc4ccc1c2c43.Fc1cc(-c2ccccc2)cc(-c2ccccc2)c1N(c1ccccc1)c1ccc2ccc3c(Br)ccc4ccc1c2c43.Fc1cc(-c2ccccc2)cc(-c2ccccc2)c1Nc1ccccc1. The second-order valence-corrected chi connectivity index (χ2v) is 24.0. The number of hydrogen-bond acceptors (Lipinski definition) is 2. The average molecular weight is 1320 g/mol. The van der Waals surface area contributed by atoms with Crippen LogP contribution in [-0.2, 0) is 0 Å². The minimum absolute atomic E-state index is 0.269. The predicted molar refractivity (Wildman–Crippen MR) is 376 cm³/mol. The van der Waals surface area contributed by atoms with Crippen molar-refractivity contribution in [2.24, 2.45) is 0 Å². The van der Waals surface area contributed by atoms with E-state index in [9.17, 15) is 0 Å². The third-order valence-electron chi connectivity index (χ3n) is 16.2. The van der Waals surface area contributed by atoms with Crippen molar-refractivity contribution in [1.29, 1.82) is 0 Å². The minimum Gasteiger partial charge on any atom is -0.353 e. The van der Waals surface area contributed by atoms with E-state index in [0.717, 1.165) is 85.8 Å². The fourth-order valence-electron chi connectivity index (χ4n) is 12.1. The Morgan fingerprint density at radius 2 is 0.632 bits per heavy atom. The maximum atomic E-state index is 16.9. The smallest absolute Gasteiger partial charge is 0.148 e. The summed E-state index contributed by atoms with van der Waals surface area (Å²) in [5, 5.41) is 18.1. The van der Waals surface area contributed by atoms with Gasteiger partial charge in [0.25, 0.3) is 0 Å². The van der Waals surface area contributed by atoms with Crippen LogP contribution in [0.15, 0.2) is 317 Å². The molecule has 2 nitrogen and oxygen atoms in total. The molecule has 16 rings (SSSR count). The molecule has 0 unspecified atom stereocenters. The predicted octanol–water partition coefficient (Wildman–Crippen LogP) is 25.3. The summed E-state index contributed by atoms with van der Waals surface area (Å²) in [5.74, 6) is -0.549. The molecular formula is C80H51Br3F2N2. The van der Waals surface area contributed by atoms with E-state index in [2.05, 4.69) is 173 Å². The van der Waals surface area contributed by atoms with E-state index in [4.69, 9.17) is 0 Å². The zero-order chi connectivity index (χ0) is 59.0. The van der Waals surface area contributed by atoms with Crippen LogP contribution in [-0.4, -0.2) is 0 Å². The summed E-state index contributed by atoms with van der Waals surface area (Å²) in [6.45, 7) is 0. The first-order valence-electron chi connectivity index (χ1n) is 28.7. The van der Waals surface area contributed by atoms with Crippen molar-refractivity contribution >= 4 is 141 Å². The molecule has 0 atom stereocenters. The molecule has 0 aliphatic rings. The van der Waals surface area contributed by atoms with E-state index < -0.39 is 0 Å². The highest BCUT2D eigenvalue weighted by atomic mass is 79.9. The molecule has 0 fully saturated rings. The van der Waals surface area contributed by atoms with E-state index in [1.54, 1.807) is 12.1 Å². The molecule has 0 bridgehead atoms. The first kappa shape index (κ1) is 55.4. The molecule has 0 radical (unpaired) electrons. The van der Waals surface area contributed by atoms with Crippen LogP contribution in [0.25, 0.3) is 109 Å². The highest BCUT2D eigenvalue weighted by Gasteiger charge is 2.26. The first-order valence-corrected chi connectivity index (χ1v) is 31.1. The van der Waals surface area contributed by atoms with Gasteiger partial charge >= 0.3 is 0 Å². The van der Waals surface area contributed by atoms with Crippen LogP contribution in [0, 0.1) is 11.6 Å². The zero-order valence-electron chi connectivity index (χ0n) is 46.7. The Morgan fingerprint density at radius 3 is 1.09 bits per heavy atom. The summed E-state index contributed by atoms with van der Waals surface area (Å²) in [6.07, 6.45) is 0. The fraction of sp³-hybridized carbons (Fsp3) is 0. The van der Waals surface area contributed by atoms with Crippen molar-refractivity contribution < 1.29 is 8.78 Å². The van der Waals surface area contributed by atoms with Gasteiger partial charge in [-0.25, -0.2) is 8.78 Å². The van der Waals surface area contributed by atoms with Gasteiger partial charge in [-0.2, -0.15) is 0 Å². The summed E-state index contributed by atoms with van der Waals surface area (Å²) in [7, 11) is 0. The van der Waals surface area contributed by atoms with Gasteiger partial charge in [-0.3, -0.25) is 0 Å². The molecular weight excluding hydrogens is 1270 g/mol. The van der Waals surface area contributed by atoms with E-state index in [-0.39, 0.29) is 11.6 Å². The molecule has 16 aromatic rings. The van der Waals surface area contributed by atoms with Crippen LogP contribution in [0.5, 0.6) is 0 Å². The molecule has 0 aromatic heterocycles. The summed E-state index contributed by atoms with van der Waals surface area (Å²) in [4.78, 5) is 2.09. The van der Waals surface area contributed by atoms with Gasteiger partial charge in [0, 0.05) is 41.3 Å². The topological polar surface area (TPSA) is 15.3 Å². The number of halogens is 5. The van der Waals surface area contributed by atoms with Crippen molar-refractivity contribution in [2.45, 2.75) is 0 Å². The molecule has 0 spiro atoms. The summed E-state index contributed by atoms with van der Waals surface area (Å²) < 4.78 is 35.4. The Hall–Kier alpha value is -9.50. The first-order chi connectivity index (χ1) is 42.7. The van der Waals surface area contributed by atoms with E-state index in [0.29, 0.717) is 11.4 Å². The maximum absolute atomic E-state index is 16.9. The molecule has 7 heteroatoms. The lowest BCUT2D eigenvalue weighted by Crippen LogP contribution is -2.14. The van der Waals surface area contributed by atoms with Crippen molar-refractivity contribution in [3.05, 3.63) is 328 Å². The van der Waals surface area contributed by atoms with Crippen molar-refractivity contribution in [2.75, 3.05) is 10.2 Å².